The van der Waals surface area contributed by atoms with E-state index in [9.17, 15) is 9.18 Å². The number of nitrogens with zero attached hydrogens (tertiary/aromatic N) is 1. The number of nitriles is 1. The smallest absolute Gasteiger partial charge is 0.267 e. The fourth-order valence-corrected chi connectivity index (χ4v) is 3.49. The Hall–Kier alpha value is -2.42. The molecule has 0 aliphatic carbocycles. The molecule has 3 rings (SSSR count). The minimum atomic E-state index is -0.422. The van der Waals surface area contributed by atoms with Crippen LogP contribution in [0.25, 0.3) is 10.1 Å². The topological polar surface area (TPSA) is 52.9 Å². The van der Waals surface area contributed by atoms with Gasteiger partial charge in [0, 0.05) is 10.1 Å². The second-order valence-corrected chi connectivity index (χ2v) is 5.93. The Morgan fingerprint density at radius 3 is 2.82 bits per heavy atom. The Kier molecular flexibility index (Phi) is 3.80. The van der Waals surface area contributed by atoms with Crippen LogP contribution in [0.5, 0.6) is 0 Å². The zero-order valence-corrected chi connectivity index (χ0v) is 12.6. The fourth-order valence-electron chi connectivity index (χ4n) is 2.05. The predicted octanol–water partition coefficient (Wildman–Crippen LogP) is 4.82. The number of anilines is 1. The maximum atomic E-state index is 13.3. The molecule has 0 unspecified atom stereocenters. The lowest BCUT2D eigenvalue weighted by Crippen LogP contribution is -2.11. The number of hydrogen-bond acceptors (Lipinski definition) is 3. The van der Waals surface area contributed by atoms with Gasteiger partial charge >= 0.3 is 0 Å². The molecule has 0 bridgehead atoms. The van der Waals surface area contributed by atoms with E-state index in [4.69, 9.17) is 16.9 Å². The quantitative estimate of drug-likeness (QED) is 0.732. The minimum Gasteiger partial charge on any atom is -0.320 e. The van der Waals surface area contributed by atoms with Crippen molar-refractivity contribution in [2.75, 3.05) is 5.32 Å². The predicted molar refractivity (Wildman–Crippen MR) is 85.9 cm³/mol. The molecule has 0 spiro atoms. The van der Waals surface area contributed by atoms with Crippen LogP contribution in [0.3, 0.4) is 0 Å². The second-order valence-electron chi connectivity index (χ2n) is 4.50. The van der Waals surface area contributed by atoms with Crippen molar-refractivity contribution in [2.24, 2.45) is 0 Å². The van der Waals surface area contributed by atoms with Crippen molar-refractivity contribution in [3.8, 4) is 6.07 Å². The number of benzene rings is 2. The van der Waals surface area contributed by atoms with Crippen LogP contribution in [-0.4, -0.2) is 5.91 Å². The summed E-state index contributed by atoms with van der Waals surface area (Å²) >= 11 is 7.32. The molecule has 0 aliphatic rings. The monoisotopic (exact) mass is 330 g/mol. The van der Waals surface area contributed by atoms with Crippen molar-refractivity contribution in [3.63, 3.8) is 0 Å². The van der Waals surface area contributed by atoms with E-state index in [2.05, 4.69) is 5.32 Å². The number of thiophene rings is 1. The third-order valence-electron chi connectivity index (χ3n) is 3.09. The maximum absolute atomic E-state index is 13.3. The first-order valence-corrected chi connectivity index (χ1v) is 7.47. The molecule has 3 nitrogen and oxygen atoms in total. The molecule has 22 heavy (non-hydrogen) atoms. The van der Waals surface area contributed by atoms with Gasteiger partial charge in [-0.25, -0.2) is 4.39 Å². The van der Waals surface area contributed by atoms with Crippen molar-refractivity contribution in [1.82, 2.24) is 0 Å². The Morgan fingerprint density at radius 2 is 2.05 bits per heavy atom. The van der Waals surface area contributed by atoms with Crippen LogP contribution in [0.2, 0.25) is 5.02 Å². The number of hydrogen-bond donors (Lipinski definition) is 1. The Labute approximate surface area is 134 Å². The van der Waals surface area contributed by atoms with Gasteiger partial charge in [-0.05, 0) is 30.3 Å². The minimum absolute atomic E-state index is 0.284. The molecule has 2 aromatic carbocycles. The zero-order chi connectivity index (χ0) is 15.7. The first kappa shape index (κ1) is 14.5. The number of amides is 1. The number of halogens is 2. The standard InChI is InChI=1S/C16H8ClFN2OS/c17-14-11-6-5-10(18)7-13(11)22-15(14)16(21)20-12-4-2-1-3-9(12)8-19/h1-7H,(H,20,21). The van der Waals surface area contributed by atoms with E-state index in [0.717, 1.165) is 11.3 Å². The van der Waals surface area contributed by atoms with Gasteiger partial charge in [-0.2, -0.15) is 5.26 Å². The van der Waals surface area contributed by atoms with Gasteiger partial charge in [-0.3, -0.25) is 4.79 Å². The van der Waals surface area contributed by atoms with Crippen LogP contribution in [0, 0.1) is 17.1 Å². The van der Waals surface area contributed by atoms with Gasteiger partial charge < -0.3 is 5.32 Å². The highest BCUT2D eigenvalue weighted by atomic mass is 35.5. The molecule has 0 saturated heterocycles. The number of para-hydroxylation sites is 1. The summed E-state index contributed by atoms with van der Waals surface area (Å²) in [4.78, 5) is 12.7. The molecule has 1 aromatic heterocycles. The van der Waals surface area contributed by atoms with Crippen molar-refractivity contribution < 1.29 is 9.18 Å². The number of fused-ring (bicyclic) bond motifs is 1. The van der Waals surface area contributed by atoms with E-state index in [1.807, 2.05) is 6.07 Å². The highest BCUT2D eigenvalue weighted by Crippen LogP contribution is 2.36. The van der Waals surface area contributed by atoms with Crippen LogP contribution < -0.4 is 5.32 Å². The molecule has 0 fully saturated rings. The second kappa shape index (κ2) is 5.76. The molecule has 0 atom stereocenters. The van der Waals surface area contributed by atoms with Gasteiger partial charge in [-0.1, -0.05) is 23.7 Å². The van der Waals surface area contributed by atoms with E-state index in [-0.39, 0.29) is 15.7 Å². The summed E-state index contributed by atoms with van der Waals surface area (Å²) in [5.41, 5.74) is 0.772. The summed E-state index contributed by atoms with van der Waals surface area (Å²) in [6.07, 6.45) is 0. The molecule has 1 N–H and O–H groups in total. The lowest BCUT2D eigenvalue weighted by Gasteiger charge is -2.05. The van der Waals surface area contributed by atoms with Crippen LogP contribution in [-0.2, 0) is 0 Å². The van der Waals surface area contributed by atoms with Gasteiger partial charge in [0.15, 0.2) is 0 Å². The molecule has 1 amide bonds. The van der Waals surface area contributed by atoms with Crippen LogP contribution in [0.4, 0.5) is 10.1 Å². The van der Waals surface area contributed by atoms with E-state index < -0.39 is 5.91 Å². The van der Waals surface area contributed by atoms with E-state index in [1.54, 1.807) is 30.3 Å². The average Bonchev–Trinajstić information content (AvgIpc) is 2.84. The Balaban J connectivity index is 1.99. The number of nitrogens with one attached hydrogen (secondary N) is 1. The molecule has 0 radical (unpaired) electrons. The van der Waals surface area contributed by atoms with Crippen molar-refractivity contribution >= 4 is 44.6 Å². The number of carbonyl (C=O) groups excluding carboxylic acids is 1. The Bertz CT molecular complexity index is 930. The molecule has 3 aromatic rings. The molecule has 1 heterocycles. The normalized spacial score (nSPS) is 10.4. The zero-order valence-electron chi connectivity index (χ0n) is 11.1. The summed E-state index contributed by atoms with van der Waals surface area (Å²) in [5.74, 6) is -0.804. The van der Waals surface area contributed by atoms with Gasteiger partial charge in [0.05, 0.1) is 16.3 Å². The molecular weight excluding hydrogens is 323 g/mol. The molecular formula is C16H8ClFN2OS. The summed E-state index contributed by atoms with van der Waals surface area (Å²) in [5, 5.41) is 12.6. The van der Waals surface area contributed by atoms with Gasteiger partial charge in [0.1, 0.15) is 16.8 Å². The summed E-state index contributed by atoms with van der Waals surface area (Å²) in [6.45, 7) is 0. The van der Waals surface area contributed by atoms with Crippen LogP contribution in [0.15, 0.2) is 42.5 Å². The highest BCUT2D eigenvalue weighted by Gasteiger charge is 2.18. The van der Waals surface area contributed by atoms with Crippen LogP contribution >= 0.6 is 22.9 Å². The summed E-state index contributed by atoms with van der Waals surface area (Å²) in [6, 6.07) is 12.9. The summed E-state index contributed by atoms with van der Waals surface area (Å²) in [7, 11) is 0. The first-order valence-electron chi connectivity index (χ1n) is 6.28. The van der Waals surface area contributed by atoms with Gasteiger partial charge in [0.2, 0.25) is 0 Å². The third kappa shape index (κ3) is 2.54. The van der Waals surface area contributed by atoms with Crippen LogP contribution in [0.1, 0.15) is 15.2 Å². The number of rotatable bonds is 2. The SMILES string of the molecule is N#Cc1ccccc1NC(=O)c1sc2cc(F)ccc2c1Cl. The van der Waals surface area contributed by atoms with Crippen molar-refractivity contribution in [1.29, 1.82) is 5.26 Å². The van der Waals surface area contributed by atoms with E-state index in [0.29, 0.717) is 21.3 Å². The largest absolute Gasteiger partial charge is 0.320 e. The van der Waals surface area contributed by atoms with E-state index >= 15 is 0 Å². The van der Waals surface area contributed by atoms with Crippen molar-refractivity contribution in [2.45, 2.75) is 0 Å². The van der Waals surface area contributed by atoms with Gasteiger partial charge in [-0.15, -0.1) is 11.3 Å². The fraction of sp³-hybridized carbons (Fsp3) is 0. The average molecular weight is 331 g/mol. The molecule has 6 heteroatoms. The number of carbonyl (C=O) groups is 1. The lowest BCUT2D eigenvalue weighted by molar-refractivity contribution is 0.103. The maximum Gasteiger partial charge on any atom is 0.267 e. The van der Waals surface area contributed by atoms with Gasteiger partial charge in [0.25, 0.3) is 5.91 Å². The molecule has 108 valence electrons. The Morgan fingerprint density at radius 1 is 1.27 bits per heavy atom. The third-order valence-corrected chi connectivity index (χ3v) is 4.75. The molecule has 0 aliphatic heterocycles. The molecule has 0 saturated carbocycles. The first-order chi connectivity index (χ1) is 10.6. The van der Waals surface area contributed by atoms with E-state index in [1.165, 1.54) is 12.1 Å². The lowest BCUT2D eigenvalue weighted by atomic mass is 10.2. The highest BCUT2D eigenvalue weighted by molar-refractivity contribution is 7.21. The van der Waals surface area contributed by atoms with Crippen molar-refractivity contribution in [3.05, 3.63) is 63.7 Å². The summed E-state index contributed by atoms with van der Waals surface area (Å²) < 4.78 is 13.9.